The Hall–Kier alpha value is -1.30. The van der Waals surface area contributed by atoms with Crippen LogP contribution in [0.1, 0.15) is 32.6 Å². The van der Waals surface area contributed by atoms with Gasteiger partial charge in [-0.15, -0.1) is 0 Å². The number of nitrogens with one attached hydrogen (secondary N) is 2. The summed E-state index contributed by atoms with van der Waals surface area (Å²) in [7, 11) is 1.34. The number of unbranched alkanes of at least 4 members (excludes halogenated alkanes) is 3. The predicted octanol–water partition coefficient (Wildman–Crippen LogP) is 0.970. The zero-order valence-corrected chi connectivity index (χ0v) is 9.88. The van der Waals surface area contributed by atoms with Crippen LogP contribution in [-0.2, 0) is 14.4 Å². The summed E-state index contributed by atoms with van der Waals surface area (Å²) in [5.74, 6) is -0.331. The highest BCUT2D eigenvalue weighted by Crippen LogP contribution is 1.97. The average molecular weight is 232 g/mol. The van der Waals surface area contributed by atoms with Crippen LogP contribution in [0.15, 0.2) is 0 Å². The van der Waals surface area contributed by atoms with Gasteiger partial charge < -0.3 is 14.9 Å². The Labute approximate surface area is 95.6 Å². The molecule has 0 spiro atoms. The van der Waals surface area contributed by atoms with E-state index in [0.717, 1.165) is 25.7 Å². The fourth-order valence-corrected chi connectivity index (χ4v) is 1.09. The molecule has 0 saturated carbocycles. The van der Waals surface area contributed by atoms with E-state index in [9.17, 15) is 9.59 Å². The largest absolute Gasteiger partial charge is 0.453 e. The van der Waals surface area contributed by atoms with E-state index < -0.39 is 6.09 Å². The summed E-state index contributed by atoms with van der Waals surface area (Å²) in [4.78, 5) is 25.6. The van der Waals surface area contributed by atoms with Crippen LogP contribution < -0.4 is 10.8 Å². The zero-order chi connectivity index (χ0) is 12.2. The van der Waals surface area contributed by atoms with E-state index in [0.29, 0.717) is 13.1 Å². The van der Waals surface area contributed by atoms with E-state index >= 15 is 0 Å². The number of rotatable bonds is 8. The number of ether oxygens (including phenoxy) is 1. The lowest BCUT2D eigenvalue weighted by Crippen LogP contribution is -2.24. The monoisotopic (exact) mass is 232 g/mol. The lowest BCUT2D eigenvalue weighted by molar-refractivity contribution is -0.148. The van der Waals surface area contributed by atoms with E-state index in [-0.39, 0.29) is 5.97 Å². The lowest BCUT2D eigenvalue weighted by Gasteiger charge is -2.04. The van der Waals surface area contributed by atoms with Gasteiger partial charge in [-0.25, -0.2) is 4.79 Å². The molecule has 0 fully saturated rings. The molecule has 0 aliphatic heterocycles. The molecule has 1 amide bonds. The van der Waals surface area contributed by atoms with Crippen LogP contribution in [0.2, 0.25) is 0 Å². The van der Waals surface area contributed by atoms with Crippen molar-refractivity contribution < 1.29 is 19.2 Å². The van der Waals surface area contributed by atoms with E-state index in [4.69, 9.17) is 0 Å². The minimum Gasteiger partial charge on any atom is -0.453 e. The smallest absolute Gasteiger partial charge is 0.406 e. The molecular formula is C10H20N2O4. The summed E-state index contributed by atoms with van der Waals surface area (Å²) in [5, 5.41) is 2.60. The van der Waals surface area contributed by atoms with Gasteiger partial charge in [-0.2, -0.15) is 5.48 Å². The lowest BCUT2D eigenvalue weighted by atomic mass is 10.2. The van der Waals surface area contributed by atoms with Crippen molar-refractivity contribution in [2.45, 2.75) is 32.6 Å². The quantitative estimate of drug-likeness (QED) is 0.481. The first-order valence-corrected chi connectivity index (χ1v) is 5.39. The van der Waals surface area contributed by atoms with E-state index in [1.807, 2.05) is 0 Å². The second kappa shape index (κ2) is 10.2. The molecule has 0 aliphatic rings. The highest BCUT2D eigenvalue weighted by Gasteiger charge is 1.96. The van der Waals surface area contributed by atoms with Gasteiger partial charge in [0.25, 0.3) is 0 Å². The highest BCUT2D eigenvalue weighted by molar-refractivity contribution is 5.66. The highest BCUT2D eigenvalue weighted by atomic mass is 16.7. The fraction of sp³-hybridized carbons (Fsp3) is 0.800. The Bertz CT molecular complexity index is 209. The molecule has 6 heteroatoms. The summed E-state index contributed by atoms with van der Waals surface area (Å²) in [6.07, 6.45) is 3.51. The normalized spacial score (nSPS) is 9.62. The van der Waals surface area contributed by atoms with Crippen LogP contribution in [-0.4, -0.2) is 32.3 Å². The van der Waals surface area contributed by atoms with E-state index in [1.165, 1.54) is 14.0 Å². The van der Waals surface area contributed by atoms with Crippen molar-refractivity contribution in [3.05, 3.63) is 0 Å². The molecule has 0 radical (unpaired) electrons. The topological polar surface area (TPSA) is 76.7 Å². The Balaban J connectivity index is 3.04. The van der Waals surface area contributed by atoms with Crippen molar-refractivity contribution in [1.82, 2.24) is 10.8 Å². The Morgan fingerprint density at radius 1 is 1.06 bits per heavy atom. The molecule has 0 aromatic rings. The van der Waals surface area contributed by atoms with Gasteiger partial charge in [-0.3, -0.25) is 4.79 Å². The van der Waals surface area contributed by atoms with Crippen LogP contribution in [0.4, 0.5) is 4.79 Å². The van der Waals surface area contributed by atoms with Gasteiger partial charge in [0, 0.05) is 20.0 Å². The number of carbonyl (C=O) groups is 2. The molecule has 0 atom stereocenters. The second-order valence-electron chi connectivity index (χ2n) is 3.32. The molecular weight excluding hydrogens is 212 g/mol. The van der Waals surface area contributed by atoms with Crippen molar-refractivity contribution in [3.63, 3.8) is 0 Å². The van der Waals surface area contributed by atoms with E-state index in [1.54, 1.807) is 0 Å². The number of amides is 1. The van der Waals surface area contributed by atoms with Crippen LogP contribution in [0.25, 0.3) is 0 Å². The maximum atomic E-state index is 10.7. The van der Waals surface area contributed by atoms with Crippen molar-refractivity contribution >= 4 is 12.1 Å². The summed E-state index contributed by atoms with van der Waals surface area (Å²) in [6.45, 7) is 2.64. The van der Waals surface area contributed by atoms with Crippen molar-refractivity contribution in [2.24, 2.45) is 0 Å². The number of methoxy groups -OCH3 is 1. The molecule has 0 bridgehead atoms. The molecule has 0 rings (SSSR count). The number of hydrogen-bond donors (Lipinski definition) is 2. The first-order valence-electron chi connectivity index (χ1n) is 5.39. The third kappa shape index (κ3) is 10.8. The van der Waals surface area contributed by atoms with E-state index in [2.05, 4.69) is 20.4 Å². The number of hydrogen-bond acceptors (Lipinski definition) is 5. The summed E-state index contributed by atoms with van der Waals surface area (Å²) in [6, 6.07) is 0. The summed E-state index contributed by atoms with van der Waals surface area (Å²) in [5.41, 5.74) is 2.56. The van der Waals surface area contributed by atoms with Crippen LogP contribution in [0, 0.1) is 0 Å². The SMILES string of the molecule is COC(=O)NCCCCCCNOC(C)=O. The maximum absolute atomic E-state index is 10.7. The van der Waals surface area contributed by atoms with Crippen LogP contribution in [0.5, 0.6) is 0 Å². The van der Waals surface area contributed by atoms with Gasteiger partial charge in [0.2, 0.25) is 0 Å². The van der Waals surface area contributed by atoms with Crippen molar-refractivity contribution in [3.8, 4) is 0 Å². The zero-order valence-electron chi connectivity index (χ0n) is 9.88. The van der Waals surface area contributed by atoms with Gasteiger partial charge in [0.15, 0.2) is 0 Å². The minimum atomic E-state index is -0.392. The molecule has 0 heterocycles. The van der Waals surface area contributed by atoms with Gasteiger partial charge >= 0.3 is 12.1 Å². The first-order chi connectivity index (χ1) is 7.66. The minimum absolute atomic E-state index is 0.331. The molecule has 0 aromatic carbocycles. The Morgan fingerprint density at radius 2 is 1.69 bits per heavy atom. The van der Waals surface area contributed by atoms with Crippen molar-refractivity contribution in [1.29, 1.82) is 0 Å². The Morgan fingerprint density at radius 3 is 2.25 bits per heavy atom. The fourth-order valence-electron chi connectivity index (χ4n) is 1.09. The first kappa shape index (κ1) is 14.7. The van der Waals surface area contributed by atoms with Gasteiger partial charge in [-0.05, 0) is 12.8 Å². The number of carbonyl (C=O) groups excluding carboxylic acids is 2. The second-order valence-corrected chi connectivity index (χ2v) is 3.32. The average Bonchev–Trinajstić information content (AvgIpc) is 2.26. The van der Waals surface area contributed by atoms with Gasteiger partial charge in [0.1, 0.15) is 0 Å². The molecule has 0 aromatic heterocycles. The Kier molecular flexibility index (Phi) is 9.39. The van der Waals surface area contributed by atoms with Gasteiger partial charge in [-0.1, -0.05) is 12.8 Å². The molecule has 0 unspecified atom stereocenters. The molecule has 2 N–H and O–H groups in total. The van der Waals surface area contributed by atoms with Gasteiger partial charge in [0.05, 0.1) is 7.11 Å². The number of alkyl carbamates (subject to hydrolysis) is 1. The molecule has 94 valence electrons. The summed E-state index contributed by atoms with van der Waals surface area (Å²) >= 11 is 0. The molecule has 0 aliphatic carbocycles. The predicted molar refractivity (Wildman–Crippen MR) is 58.6 cm³/mol. The third-order valence-corrected chi connectivity index (χ3v) is 1.88. The summed E-state index contributed by atoms with van der Waals surface area (Å²) < 4.78 is 4.42. The standard InChI is InChI=1S/C10H20N2O4/c1-9(13)16-12-8-6-4-3-5-7-11-10(14)15-2/h12H,3-8H2,1-2H3,(H,11,14). The maximum Gasteiger partial charge on any atom is 0.406 e. The van der Waals surface area contributed by atoms with Crippen LogP contribution in [0.3, 0.4) is 0 Å². The third-order valence-electron chi connectivity index (χ3n) is 1.88. The number of hydroxylamine groups is 1. The molecule has 6 nitrogen and oxygen atoms in total. The molecule has 0 saturated heterocycles. The van der Waals surface area contributed by atoms with Crippen LogP contribution >= 0.6 is 0 Å². The van der Waals surface area contributed by atoms with Crippen molar-refractivity contribution in [2.75, 3.05) is 20.2 Å². The molecule has 16 heavy (non-hydrogen) atoms.